The second-order valence-corrected chi connectivity index (χ2v) is 13.2. The molecule has 0 spiro atoms. The normalized spacial score (nSPS) is 22.1. The van der Waals surface area contributed by atoms with Crippen molar-refractivity contribution in [2.24, 2.45) is 0 Å². The summed E-state index contributed by atoms with van der Waals surface area (Å²) in [5, 5.41) is 9.76. The van der Waals surface area contributed by atoms with Gasteiger partial charge in [0.1, 0.15) is 6.04 Å². The monoisotopic (exact) mass is 587 g/mol. The van der Waals surface area contributed by atoms with Gasteiger partial charge in [-0.15, -0.1) is 0 Å². The van der Waals surface area contributed by atoms with E-state index < -0.39 is 22.0 Å². The Morgan fingerprint density at radius 3 is 2.60 bits per heavy atom. The number of likely N-dealkylation sites (tertiary alicyclic amines) is 1. The molecule has 2 atom stereocenters. The van der Waals surface area contributed by atoms with E-state index in [0.29, 0.717) is 5.02 Å². The summed E-state index contributed by atoms with van der Waals surface area (Å²) in [6, 6.07) is 11.0. The number of nitrogens with zero attached hydrogens (tertiary/aromatic N) is 2. The van der Waals surface area contributed by atoms with Gasteiger partial charge in [-0.3, -0.25) is 9.59 Å². The predicted octanol–water partition coefficient (Wildman–Crippen LogP) is 2.60. The van der Waals surface area contributed by atoms with Crippen LogP contribution in [0.5, 0.6) is 0 Å². The number of fused-ring (bicyclic) bond motifs is 1. The van der Waals surface area contributed by atoms with Crippen LogP contribution in [0.15, 0.2) is 47.4 Å². The highest BCUT2D eigenvalue weighted by Crippen LogP contribution is 2.31. The Kier molecular flexibility index (Phi) is 9.42. The number of rotatable bonds is 10. The first-order valence-corrected chi connectivity index (χ1v) is 16.0. The van der Waals surface area contributed by atoms with Crippen molar-refractivity contribution in [3.63, 3.8) is 0 Å². The molecule has 2 aliphatic heterocycles. The third kappa shape index (κ3) is 6.86. The van der Waals surface area contributed by atoms with Crippen molar-refractivity contribution in [1.29, 1.82) is 0 Å². The van der Waals surface area contributed by atoms with E-state index in [1.54, 1.807) is 0 Å². The van der Waals surface area contributed by atoms with Crippen LogP contribution in [0.3, 0.4) is 0 Å². The summed E-state index contributed by atoms with van der Waals surface area (Å²) in [5.74, 6) is -0.811. The van der Waals surface area contributed by atoms with E-state index in [1.165, 1.54) is 61.3 Å². The first-order chi connectivity index (χ1) is 19.3. The number of hydrogen-bond acceptors (Lipinski definition) is 6. The van der Waals surface area contributed by atoms with E-state index in [9.17, 15) is 18.0 Å². The lowest BCUT2D eigenvalue weighted by Gasteiger charge is -2.34. The zero-order valence-corrected chi connectivity index (χ0v) is 24.3. The van der Waals surface area contributed by atoms with Crippen LogP contribution in [0.1, 0.15) is 54.8 Å². The van der Waals surface area contributed by atoms with Crippen molar-refractivity contribution in [3.8, 4) is 0 Å². The average Bonchev–Trinajstić information content (AvgIpc) is 3.46. The lowest BCUT2D eigenvalue weighted by atomic mass is 9.86. The van der Waals surface area contributed by atoms with Crippen molar-refractivity contribution >= 4 is 33.4 Å². The average molecular weight is 588 g/mol. The zero-order chi connectivity index (χ0) is 28.1. The molecule has 0 unspecified atom stereocenters. The van der Waals surface area contributed by atoms with Gasteiger partial charge in [-0.1, -0.05) is 29.8 Å². The van der Waals surface area contributed by atoms with Crippen LogP contribution in [-0.4, -0.2) is 74.7 Å². The van der Waals surface area contributed by atoms with E-state index in [4.69, 9.17) is 11.6 Å². The molecule has 2 fully saturated rings. The quantitative estimate of drug-likeness (QED) is 0.369. The van der Waals surface area contributed by atoms with Crippen molar-refractivity contribution in [2.75, 3.05) is 39.3 Å². The highest BCUT2D eigenvalue weighted by atomic mass is 35.5. The first kappa shape index (κ1) is 29.0. The van der Waals surface area contributed by atoms with E-state index in [-0.39, 0.29) is 36.4 Å². The third-order valence-corrected chi connectivity index (χ3v) is 10.2. The number of aryl methyl sites for hydroxylation is 1. The van der Waals surface area contributed by atoms with Crippen LogP contribution in [-0.2, 0) is 32.6 Å². The molecule has 2 amide bonds. The Balaban J connectivity index is 1.20. The van der Waals surface area contributed by atoms with Crippen molar-refractivity contribution in [2.45, 2.75) is 62.0 Å². The van der Waals surface area contributed by atoms with Gasteiger partial charge in [0.25, 0.3) is 0 Å². The van der Waals surface area contributed by atoms with Gasteiger partial charge in [0, 0.05) is 37.7 Å². The summed E-state index contributed by atoms with van der Waals surface area (Å²) >= 11 is 5.93. The summed E-state index contributed by atoms with van der Waals surface area (Å²) in [4.78, 5) is 28.5. The Morgan fingerprint density at radius 1 is 1.05 bits per heavy atom. The van der Waals surface area contributed by atoms with Gasteiger partial charge in [0.15, 0.2) is 0 Å². The van der Waals surface area contributed by atoms with Crippen LogP contribution in [0.25, 0.3) is 0 Å². The Hall–Kier alpha value is -2.50. The van der Waals surface area contributed by atoms with E-state index in [0.717, 1.165) is 48.8 Å². The zero-order valence-electron chi connectivity index (χ0n) is 22.7. The molecule has 2 aromatic rings. The van der Waals surface area contributed by atoms with E-state index in [1.807, 2.05) is 0 Å². The third-order valence-electron chi connectivity index (χ3n) is 8.07. The Labute approximate surface area is 241 Å². The van der Waals surface area contributed by atoms with Crippen molar-refractivity contribution in [3.05, 3.63) is 64.2 Å². The molecule has 3 aliphatic rings. The lowest BCUT2D eigenvalue weighted by molar-refractivity contribution is -0.132. The molecule has 2 heterocycles. The molecule has 11 heteroatoms. The summed E-state index contributed by atoms with van der Waals surface area (Å²) in [7, 11) is -3.98. The van der Waals surface area contributed by atoms with Gasteiger partial charge < -0.3 is 20.9 Å². The minimum Gasteiger partial charge on any atom is -0.353 e. The van der Waals surface area contributed by atoms with Gasteiger partial charge >= 0.3 is 0 Å². The fourth-order valence-electron chi connectivity index (χ4n) is 5.95. The molecule has 0 radical (unpaired) electrons. The minimum atomic E-state index is -3.98. The molecular weight excluding hydrogens is 550 g/mol. The van der Waals surface area contributed by atoms with Gasteiger partial charge in [-0.2, -0.15) is 4.31 Å². The van der Waals surface area contributed by atoms with Gasteiger partial charge in [0.2, 0.25) is 21.8 Å². The number of carbonyl (C=O) groups excluding carboxylic acids is 2. The number of piperazine rings is 1. The largest absolute Gasteiger partial charge is 0.353 e. The van der Waals surface area contributed by atoms with Crippen LogP contribution in [0.4, 0.5) is 0 Å². The maximum Gasteiger partial charge on any atom is 0.243 e. The van der Waals surface area contributed by atoms with Crippen molar-refractivity contribution in [1.82, 2.24) is 25.2 Å². The predicted molar refractivity (Wildman–Crippen MR) is 154 cm³/mol. The number of nitrogens with one attached hydrogen (secondary N) is 3. The topological polar surface area (TPSA) is 111 Å². The number of benzene rings is 2. The Bertz CT molecular complexity index is 1310. The second-order valence-electron chi connectivity index (χ2n) is 10.9. The molecule has 0 aromatic heterocycles. The van der Waals surface area contributed by atoms with Crippen LogP contribution in [0.2, 0.25) is 5.02 Å². The molecule has 3 N–H and O–H groups in total. The lowest BCUT2D eigenvalue weighted by Crippen LogP contribution is -2.58. The van der Waals surface area contributed by atoms with E-state index in [2.05, 4.69) is 39.0 Å². The number of halogens is 1. The highest BCUT2D eigenvalue weighted by Gasteiger charge is 2.40. The second kappa shape index (κ2) is 13.0. The molecular formula is C29H38ClN5O4S. The number of amides is 2. The number of carbonyl (C=O) groups is 2. The first-order valence-electron chi connectivity index (χ1n) is 14.2. The molecule has 0 bridgehead atoms. The van der Waals surface area contributed by atoms with Crippen LogP contribution in [0, 0.1) is 0 Å². The molecule has 0 saturated carbocycles. The highest BCUT2D eigenvalue weighted by molar-refractivity contribution is 7.89. The van der Waals surface area contributed by atoms with E-state index >= 15 is 0 Å². The summed E-state index contributed by atoms with van der Waals surface area (Å²) in [5.41, 5.74) is 3.56. The smallest absolute Gasteiger partial charge is 0.243 e. The molecule has 2 aromatic carbocycles. The molecule has 9 nitrogen and oxygen atoms in total. The SMILES string of the molecule is O=C(C[C@@H]1C(=O)NCCN1S(=O)(=O)c1ccc(Cl)cc1)N[C@@H]1CCCc2cc(CNCCN3CCCC3)ccc21. The molecule has 216 valence electrons. The standard InChI is InChI=1S/C29H38ClN5O4S/c30-23-7-9-24(10-8-23)40(38,39)35-17-13-32-29(37)27(35)19-28(36)33-26-5-3-4-22-18-21(6-11-25(22)26)20-31-12-16-34-14-1-2-15-34/h6-11,18,26-27,31H,1-5,12-17,19-20H2,(H,32,37)(H,33,36)/t26-,27-/m1/s1. The summed E-state index contributed by atoms with van der Waals surface area (Å²) < 4.78 is 27.8. The van der Waals surface area contributed by atoms with Crippen molar-refractivity contribution < 1.29 is 18.0 Å². The molecule has 2 saturated heterocycles. The molecule has 1 aliphatic carbocycles. The number of sulfonamides is 1. The number of hydrogen-bond donors (Lipinski definition) is 3. The summed E-state index contributed by atoms with van der Waals surface area (Å²) in [6.07, 6.45) is 5.07. The van der Waals surface area contributed by atoms with Crippen LogP contribution < -0.4 is 16.0 Å². The summed E-state index contributed by atoms with van der Waals surface area (Å²) in [6.45, 7) is 5.55. The van der Waals surface area contributed by atoms with Gasteiger partial charge in [0.05, 0.1) is 17.4 Å². The van der Waals surface area contributed by atoms with Gasteiger partial charge in [-0.25, -0.2) is 8.42 Å². The molecule has 40 heavy (non-hydrogen) atoms. The Morgan fingerprint density at radius 2 is 1.82 bits per heavy atom. The molecule has 5 rings (SSSR count). The fourth-order valence-corrected chi connectivity index (χ4v) is 7.66. The maximum atomic E-state index is 13.3. The minimum absolute atomic E-state index is 0.0413. The van der Waals surface area contributed by atoms with Crippen LogP contribution >= 0.6 is 11.6 Å². The maximum absolute atomic E-state index is 13.3. The fraction of sp³-hybridized carbons (Fsp3) is 0.517. The van der Waals surface area contributed by atoms with Gasteiger partial charge in [-0.05, 0) is 86.1 Å².